The molecule has 2 heterocycles. The monoisotopic (exact) mass is 467 g/mol. The van der Waals surface area contributed by atoms with E-state index in [2.05, 4.69) is 10.1 Å². The number of ether oxygens (including phenoxy) is 2. The summed E-state index contributed by atoms with van der Waals surface area (Å²) in [4.78, 5) is 28.5. The molecule has 0 bridgehead atoms. The predicted octanol–water partition coefficient (Wildman–Crippen LogP) is 4.45. The molecule has 0 spiro atoms. The van der Waals surface area contributed by atoms with E-state index < -0.39 is 17.9 Å². The van der Waals surface area contributed by atoms with E-state index in [1.54, 1.807) is 13.2 Å². The summed E-state index contributed by atoms with van der Waals surface area (Å²) in [5.74, 6) is -0.333. The van der Waals surface area contributed by atoms with Crippen LogP contribution >= 0.6 is 11.6 Å². The van der Waals surface area contributed by atoms with Crippen LogP contribution < -0.4 is 9.47 Å². The molecule has 1 aromatic heterocycles. The Bertz CT molecular complexity index is 1250. The number of hydrogen-bond donors (Lipinski definition) is 1. The Morgan fingerprint density at radius 3 is 2.55 bits per heavy atom. The molecular weight excluding hydrogens is 446 g/mol. The van der Waals surface area contributed by atoms with Crippen molar-refractivity contribution < 1.29 is 24.2 Å². The lowest BCUT2D eigenvalue weighted by Crippen LogP contribution is -2.27. The van der Waals surface area contributed by atoms with Crippen molar-refractivity contribution in [3.63, 3.8) is 0 Å². The minimum Gasteiger partial charge on any atom is -0.497 e. The topological polar surface area (TPSA) is 101 Å². The lowest BCUT2D eigenvalue weighted by Gasteiger charge is -2.23. The summed E-state index contributed by atoms with van der Waals surface area (Å²) < 4.78 is 10.8. The first-order valence-electron chi connectivity index (χ1n) is 10.3. The van der Waals surface area contributed by atoms with Gasteiger partial charge >= 0.3 is 5.97 Å². The number of hydrazone groups is 1. The van der Waals surface area contributed by atoms with Crippen LogP contribution in [0.15, 0.2) is 53.6 Å². The van der Waals surface area contributed by atoms with Crippen LogP contribution in [-0.4, -0.2) is 46.9 Å². The Balaban J connectivity index is 1.78. The van der Waals surface area contributed by atoms with Crippen LogP contribution in [0.1, 0.15) is 36.4 Å². The van der Waals surface area contributed by atoms with Gasteiger partial charge in [-0.15, -0.1) is 0 Å². The number of pyridine rings is 1. The predicted molar refractivity (Wildman–Crippen MR) is 124 cm³/mol. The van der Waals surface area contributed by atoms with Crippen molar-refractivity contribution in [2.45, 2.75) is 25.3 Å². The SMILES string of the molecule is COc1cc(OC)c2nc(Cl)c(C3CC(c4ccccc4)=NN3C(=O)CCC(=O)O)cc2c1. The number of carbonyl (C=O) groups is 2. The first-order chi connectivity index (χ1) is 15.9. The fraction of sp³-hybridized carbons (Fsp3) is 0.250. The summed E-state index contributed by atoms with van der Waals surface area (Å²) in [5.41, 5.74) is 2.77. The van der Waals surface area contributed by atoms with Gasteiger partial charge in [0, 0.05) is 29.9 Å². The number of aromatic nitrogens is 1. The lowest BCUT2D eigenvalue weighted by molar-refractivity contribution is -0.141. The largest absolute Gasteiger partial charge is 0.497 e. The number of carboxylic acids is 1. The van der Waals surface area contributed by atoms with Gasteiger partial charge in [-0.3, -0.25) is 9.59 Å². The molecule has 0 saturated heterocycles. The number of fused-ring (bicyclic) bond motifs is 1. The molecule has 1 aliphatic heterocycles. The van der Waals surface area contributed by atoms with Gasteiger partial charge in [-0.1, -0.05) is 41.9 Å². The highest BCUT2D eigenvalue weighted by Crippen LogP contribution is 2.39. The van der Waals surface area contributed by atoms with Crippen LogP contribution in [0.2, 0.25) is 5.15 Å². The van der Waals surface area contributed by atoms with Crippen molar-refractivity contribution in [2.75, 3.05) is 14.2 Å². The molecule has 0 radical (unpaired) electrons. The minimum atomic E-state index is -1.05. The van der Waals surface area contributed by atoms with Crippen molar-refractivity contribution in [3.8, 4) is 11.5 Å². The second kappa shape index (κ2) is 9.46. The maximum absolute atomic E-state index is 12.9. The van der Waals surface area contributed by atoms with Gasteiger partial charge in [-0.25, -0.2) is 9.99 Å². The highest BCUT2D eigenvalue weighted by molar-refractivity contribution is 6.30. The summed E-state index contributed by atoms with van der Waals surface area (Å²) in [5, 5.41) is 15.9. The second-order valence-electron chi connectivity index (χ2n) is 7.53. The molecule has 0 saturated carbocycles. The number of aliphatic carboxylic acids is 1. The molecule has 1 aliphatic rings. The summed E-state index contributed by atoms with van der Waals surface area (Å²) in [7, 11) is 3.10. The van der Waals surface area contributed by atoms with E-state index in [1.165, 1.54) is 12.1 Å². The van der Waals surface area contributed by atoms with E-state index in [0.717, 1.165) is 10.9 Å². The number of carbonyl (C=O) groups excluding carboxylic acids is 1. The molecule has 1 amide bonds. The number of rotatable bonds is 7. The maximum atomic E-state index is 12.9. The minimum absolute atomic E-state index is 0.169. The highest BCUT2D eigenvalue weighted by atomic mass is 35.5. The second-order valence-corrected chi connectivity index (χ2v) is 7.89. The molecule has 9 heteroatoms. The average molecular weight is 468 g/mol. The Morgan fingerprint density at radius 1 is 1.12 bits per heavy atom. The Kier molecular flexibility index (Phi) is 6.46. The van der Waals surface area contributed by atoms with Gasteiger partial charge in [-0.05, 0) is 17.7 Å². The fourth-order valence-corrected chi connectivity index (χ4v) is 4.11. The number of hydrogen-bond acceptors (Lipinski definition) is 6. The third kappa shape index (κ3) is 4.61. The van der Waals surface area contributed by atoms with Gasteiger partial charge < -0.3 is 14.6 Å². The van der Waals surface area contributed by atoms with Crippen molar-refractivity contribution in [1.29, 1.82) is 0 Å². The first kappa shape index (κ1) is 22.5. The van der Waals surface area contributed by atoms with E-state index in [-0.39, 0.29) is 18.0 Å². The van der Waals surface area contributed by atoms with Crippen LogP contribution in [0, 0.1) is 0 Å². The normalized spacial score (nSPS) is 15.4. The molecule has 0 fully saturated rings. The fourth-order valence-electron chi connectivity index (χ4n) is 3.85. The van der Waals surface area contributed by atoms with Crippen LogP contribution in [0.4, 0.5) is 0 Å². The van der Waals surface area contributed by atoms with Crippen molar-refractivity contribution in [1.82, 2.24) is 9.99 Å². The van der Waals surface area contributed by atoms with Crippen LogP contribution in [-0.2, 0) is 9.59 Å². The van der Waals surface area contributed by atoms with Crippen LogP contribution in [0.25, 0.3) is 10.9 Å². The van der Waals surface area contributed by atoms with Gasteiger partial charge in [0.15, 0.2) is 0 Å². The van der Waals surface area contributed by atoms with E-state index in [0.29, 0.717) is 34.7 Å². The third-order valence-corrected chi connectivity index (χ3v) is 5.78. The number of carboxylic acid groups (broad SMARTS) is 1. The van der Waals surface area contributed by atoms with Crippen molar-refractivity contribution in [2.24, 2.45) is 5.10 Å². The quantitative estimate of drug-likeness (QED) is 0.515. The van der Waals surface area contributed by atoms with Gasteiger partial charge in [0.2, 0.25) is 5.91 Å². The average Bonchev–Trinajstić information content (AvgIpc) is 3.27. The Hall–Kier alpha value is -3.65. The highest BCUT2D eigenvalue weighted by Gasteiger charge is 2.35. The number of benzene rings is 2. The molecule has 2 aromatic carbocycles. The van der Waals surface area contributed by atoms with Crippen molar-refractivity contribution in [3.05, 3.63) is 64.8 Å². The summed E-state index contributed by atoms with van der Waals surface area (Å²) >= 11 is 6.60. The van der Waals surface area contributed by atoms with Gasteiger partial charge in [0.1, 0.15) is 22.2 Å². The number of halogens is 1. The van der Waals surface area contributed by atoms with E-state index in [1.807, 2.05) is 42.5 Å². The molecule has 1 N–H and O–H groups in total. The van der Waals surface area contributed by atoms with E-state index >= 15 is 0 Å². The van der Waals surface area contributed by atoms with Crippen LogP contribution in [0.5, 0.6) is 11.5 Å². The van der Waals surface area contributed by atoms with Gasteiger partial charge in [0.05, 0.1) is 32.4 Å². The summed E-state index contributed by atoms with van der Waals surface area (Å²) in [6.07, 6.45) is -0.0368. The molecule has 8 nitrogen and oxygen atoms in total. The molecule has 1 atom stereocenters. The zero-order valence-electron chi connectivity index (χ0n) is 18.1. The third-order valence-electron chi connectivity index (χ3n) is 5.48. The Morgan fingerprint density at radius 2 is 1.88 bits per heavy atom. The number of methoxy groups -OCH3 is 2. The summed E-state index contributed by atoms with van der Waals surface area (Å²) in [6, 6.07) is 14.4. The summed E-state index contributed by atoms with van der Waals surface area (Å²) in [6.45, 7) is 0. The van der Waals surface area contributed by atoms with Crippen LogP contribution in [0.3, 0.4) is 0 Å². The molecule has 4 rings (SSSR count). The number of amides is 1. The molecule has 170 valence electrons. The molecular formula is C24H22ClN3O5. The van der Waals surface area contributed by atoms with E-state index in [9.17, 15) is 9.59 Å². The van der Waals surface area contributed by atoms with Gasteiger partial charge in [-0.2, -0.15) is 5.10 Å². The lowest BCUT2D eigenvalue weighted by atomic mass is 9.98. The maximum Gasteiger partial charge on any atom is 0.303 e. The van der Waals surface area contributed by atoms with Gasteiger partial charge in [0.25, 0.3) is 0 Å². The smallest absolute Gasteiger partial charge is 0.303 e. The van der Waals surface area contributed by atoms with Crippen molar-refractivity contribution >= 4 is 40.1 Å². The standard InChI is InChI=1S/C24H22ClN3O5/c1-32-16-10-15-11-17(24(25)26-23(15)20(12-16)33-2)19-13-18(14-6-4-3-5-7-14)27-28(19)21(29)8-9-22(30)31/h3-7,10-12,19H,8-9,13H2,1-2H3,(H,30,31). The number of nitrogens with zero attached hydrogens (tertiary/aromatic N) is 3. The molecule has 1 unspecified atom stereocenters. The molecule has 0 aliphatic carbocycles. The first-order valence-corrected chi connectivity index (χ1v) is 10.7. The molecule has 3 aromatic rings. The zero-order chi connectivity index (χ0) is 23.5. The van der Waals surface area contributed by atoms with E-state index in [4.69, 9.17) is 26.2 Å². The Labute approximate surface area is 195 Å². The molecule has 33 heavy (non-hydrogen) atoms. The zero-order valence-corrected chi connectivity index (χ0v) is 18.9.